The predicted molar refractivity (Wildman–Crippen MR) is 74.5 cm³/mol. The Hall–Kier alpha value is -0.130. The van der Waals surface area contributed by atoms with Crippen LogP contribution in [-0.4, -0.2) is 56.0 Å². The van der Waals surface area contributed by atoms with Crippen LogP contribution in [0.4, 0.5) is 0 Å². The van der Waals surface area contributed by atoms with E-state index in [-0.39, 0.29) is 0 Å². The summed E-state index contributed by atoms with van der Waals surface area (Å²) in [6, 6.07) is 1.75. The number of nitrogens with one attached hydrogen (secondary N) is 1. The first-order chi connectivity index (χ1) is 8.24. The molecule has 0 radical (unpaired) electrons. The van der Waals surface area contributed by atoms with Gasteiger partial charge in [0.25, 0.3) is 0 Å². The summed E-state index contributed by atoms with van der Waals surface area (Å²) in [6.45, 7) is 4.38. The Labute approximate surface area is 111 Å². The SMILES string of the molecule is CNC1CC2CCC(C1)N2CC(C)(C)S(C)(=O)=O. The van der Waals surface area contributed by atoms with E-state index in [1.54, 1.807) is 0 Å². The maximum atomic E-state index is 11.8. The summed E-state index contributed by atoms with van der Waals surface area (Å²) in [7, 11) is -0.969. The third kappa shape index (κ3) is 2.58. The fraction of sp³-hybridized carbons (Fsp3) is 1.00. The monoisotopic (exact) mass is 274 g/mol. The second-order valence-electron chi connectivity index (χ2n) is 6.55. The van der Waals surface area contributed by atoms with E-state index in [1.807, 2.05) is 20.9 Å². The van der Waals surface area contributed by atoms with Crippen molar-refractivity contribution < 1.29 is 8.42 Å². The van der Waals surface area contributed by atoms with Crippen LogP contribution in [0, 0.1) is 0 Å². The van der Waals surface area contributed by atoms with E-state index < -0.39 is 14.6 Å². The van der Waals surface area contributed by atoms with Crippen LogP contribution in [-0.2, 0) is 9.84 Å². The van der Waals surface area contributed by atoms with E-state index in [0.29, 0.717) is 24.7 Å². The molecule has 5 heteroatoms. The Morgan fingerprint density at radius 2 is 1.72 bits per heavy atom. The summed E-state index contributed by atoms with van der Waals surface area (Å²) in [5, 5.41) is 3.37. The molecule has 4 nitrogen and oxygen atoms in total. The Bertz CT molecular complexity index is 391. The molecule has 2 saturated heterocycles. The lowest BCUT2D eigenvalue weighted by atomic mass is 9.96. The van der Waals surface area contributed by atoms with Crippen molar-refractivity contribution in [3.8, 4) is 0 Å². The Morgan fingerprint density at radius 3 is 2.11 bits per heavy atom. The minimum Gasteiger partial charge on any atom is -0.317 e. The van der Waals surface area contributed by atoms with Crippen molar-refractivity contribution in [2.75, 3.05) is 19.8 Å². The Kier molecular flexibility index (Phi) is 3.78. The van der Waals surface area contributed by atoms with Crippen molar-refractivity contribution in [2.24, 2.45) is 0 Å². The number of fused-ring (bicyclic) bond motifs is 2. The first-order valence-electron chi connectivity index (χ1n) is 6.87. The zero-order chi connectivity index (χ0) is 13.6. The smallest absolute Gasteiger partial charge is 0.153 e. The molecule has 0 saturated carbocycles. The first kappa shape index (κ1) is 14.3. The molecule has 2 heterocycles. The summed E-state index contributed by atoms with van der Waals surface area (Å²) in [5.41, 5.74) is 0. The summed E-state index contributed by atoms with van der Waals surface area (Å²) >= 11 is 0. The molecule has 2 unspecified atom stereocenters. The second-order valence-corrected chi connectivity index (χ2v) is 9.20. The van der Waals surface area contributed by atoms with Gasteiger partial charge in [0.1, 0.15) is 0 Å². The van der Waals surface area contributed by atoms with Gasteiger partial charge < -0.3 is 5.32 Å². The van der Waals surface area contributed by atoms with Crippen LogP contribution in [0.1, 0.15) is 39.5 Å². The van der Waals surface area contributed by atoms with E-state index in [9.17, 15) is 8.42 Å². The highest BCUT2D eigenvalue weighted by molar-refractivity contribution is 7.92. The lowest BCUT2D eigenvalue weighted by molar-refractivity contribution is 0.110. The number of rotatable bonds is 4. The maximum Gasteiger partial charge on any atom is 0.153 e. The number of hydrogen-bond acceptors (Lipinski definition) is 4. The zero-order valence-electron chi connectivity index (χ0n) is 11.9. The van der Waals surface area contributed by atoms with Gasteiger partial charge in [0.15, 0.2) is 9.84 Å². The summed E-state index contributed by atoms with van der Waals surface area (Å²) in [4.78, 5) is 2.45. The maximum absolute atomic E-state index is 11.8. The van der Waals surface area contributed by atoms with Crippen molar-refractivity contribution >= 4 is 9.84 Å². The standard InChI is InChI=1S/C13H26N2O2S/c1-13(2,18(4,16)17)9-15-11-5-6-12(15)8-10(7-11)14-3/h10-12,14H,5-9H2,1-4H3. The molecule has 2 fully saturated rings. The van der Waals surface area contributed by atoms with Crippen LogP contribution in [0.15, 0.2) is 0 Å². The van der Waals surface area contributed by atoms with Gasteiger partial charge in [0, 0.05) is 30.9 Å². The van der Waals surface area contributed by atoms with E-state index in [2.05, 4.69) is 10.2 Å². The molecular weight excluding hydrogens is 248 g/mol. The molecule has 2 rings (SSSR count). The van der Waals surface area contributed by atoms with Crippen LogP contribution >= 0.6 is 0 Å². The Balaban J connectivity index is 2.08. The lowest BCUT2D eigenvalue weighted by Gasteiger charge is -2.42. The van der Waals surface area contributed by atoms with Gasteiger partial charge in [-0.3, -0.25) is 4.90 Å². The van der Waals surface area contributed by atoms with Gasteiger partial charge in [-0.15, -0.1) is 0 Å². The summed E-state index contributed by atoms with van der Waals surface area (Å²) in [5.74, 6) is 0. The van der Waals surface area contributed by atoms with Crippen molar-refractivity contribution in [1.82, 2.24) is 10.2 Å². The topological polar surface area (TPSA) is 49.4 Å². The van der Waals surface area contributed by atoms with Crippen LogP contribution in [0.25, 0.3) is 0 Å². The molecule has 2 aliphatic heterocycles. The molecular formula is C13H26N2O2S. The largest absolute Gasteiger partial charge is 0.317 e. The minimum atomic E-state index is -3.00. The van der Waals surface area contributed by atoms with Crippen molar-refractivity contribution in [2.45, 2.75) is 62.4 Å². The number of nitrogens with zero attached hydrogens (tertiary/aromatic N) is 1. The second kappa shape index (κ2) is 4.76. The molecule has 0 aromatic heterocycles. The van der Waals surface area contributed by atoms with Crippen LogP contribution in [0.5, 0.6) is 0 Å². The van der Waals surface area contributed by atoms with Gasteiger partial charge in [-0.2, -0.15) is 0 Å². The van der Waals surface area contributed by atoms with Gasteiger partial charge in [-0.05, 0) is 46.6 Å². The van der Waals surface area contributed by atoms with E-state index in [4.69, 9.17) is 0 Å². The minimum absolute atomic E-state index is 0.572. The molecule has 0 spiro atoms. The fourth-order valence-electron chi connectivity index (χ4n) is 3.32. The predicted octanol–water partition coefficient (Wildman–Crippen LogP) is 1.02. The van der Waals surface area contributed by atoms with Crippen LogP contribution in [0.3, 0.4) is 0 Å². The highest BCUT2D eigenvalue weighted by Gasteiger charge is 2.44. The molecule has 2 bridgehead atoms. The number of piperidine rings is 1. The quantitative estimate of drug-likeness (QED) is 0.832. The first-order valence-corrected chi connectivity index (χ1v) is 8.76. The molecule has 2 aliphatic rings. The third-order valence-electron chi connectivity index (χ3n) is 4.86. The highest BCUT2D eigenvalue weighted by Crippen LogP contribution is 2.37. The van der Waals surface area contributed by atoms with Crippen LogP contribution in [0.2, 0.25) is 0 Å². The molecule has 2 atom stereocenters. The normalized spacial score (nSPS) is 33.9. The molecule has 0 aromatic rings. The third-order valence-corrected chi connectivity index (χ3v) is 7.00. The van der Waals surface area contributed by atoms with Crippen molar-refractivity contribution in [1.29, 1.82) is 0 Å². The van der Waals surface area contributed by atoms with E-state index in [0.717, 1.165) is 12.8 Å². The van der Waals surface area contributed by atoms with E-state index in [1.165, 1.54) is 19.1 Å². The van der Waals surface area contributed by atoms with Crippen LogP contribution < -0.4 is 5.32 Å². The molecule has 0 aliphatic carbocycles. The molecule has 0 amide bonds. The molecule has 0 aromatic carbocycles. The van der Waals surface area contributed by atoms with Crippen molar-refractivity contribution in [3.63, 3.8) is 0 Å². The highest BCUT2D eigenvalue weighted by atomic mass is 32.2. The molecule has 106 valence electrons. The van der Waals surface area contributed by atoms with Crippen molar-refractivity contribution in [3.05, 3.63) is 0 Å². The molecule has 18 heavy (non-hydrogen) atoms. The van der Waals surface area contributed by atoms with Gasteiger partial charge in [-0.25, -0.2) is 8.42 Å². The van der Waals surface area contributed by atoms with Gasteiger partial charge in [0.05, 0.1) is 4.75 Å². The molecule has 1 N–H and O–H groups in total. The zero-order valence-corrected chi connectivity index (χ0v) is 12.8. The average Bonchev–Trinajstić information content (AvgIpc) is 2.50. The number of hydrogen-bond donors (Lipinski definition) is 1. The summed E-state index contributed by atoms with van der Waals surface area (Å²) in [6.07, 6.45) is 6.13. The van der Waals surface area contributed by atoms with Gasteiger partial charge in [0.2, 0.25) is 0 Å². The number of sulfone groups is 1. The fourth-order valence-corrected chi connectivity index (χ4v) is 3.71. The van der Waals surface area contributed by atoms with Gasteiger partial charge in [-0.1, -0.05) is 0 Å². The lowest BCUT2D eigenvalue weighted by Crippen LogP contribution is -2.54. The summed E-state index contributed by atoms with van der Waals surface area (Å²) < 4.78 is 23.0. The van der Waals surface area contributed by atoms with E-state index >= 15 is 0 Å². The Morgan fingerprint density at radius 1 is 1.22 bits per heavy atom. The average molecular weight is 274 g/mol. The van der Waals surface area contributed by atoms with Gasteiger partial charge >= 0.3 is 0 Å².